The maximum Gasteiger partial charge on any atom is 0.525 e. The van der Waals surface area contributed by atoms with Crippen molar-refractivity contribution in [2.45, 2.75) is 12.2 Å². The Hall–Kier alpha value is -2.38. The van der Waals surface area contributed by atoms with E-state index >= 15 is 0 Å². The molecular weight excluding hydrogens is 369 g/mol. The summed E-state index contributed by atoms with van der Waals surface area (Å²) in [5, 5.41) is 41.8. The summed E-state index contributed by atoms with van der Waals surface area (Å²) in [5.74, 6) is -4.62. The van der Waals surface area contributed by atoms with Crippen LogP contribution in [0.3, 0.4) is 0 Å². The molecule has 0 aromatic carbocycles. The lowest BCUT2D eigenvalue weighted by atomic mass is 10.2. The lowest BCUT2D eigenvalue weighted by Gasteiger charge is -2.13. The zero-order chi connectivity index (χ0) is 19.9. The van der Waals surface area contributed by atoms with E-state index in [1.807, 2.05) is 0 Å². The number of nitrogens with one attached hydrogen (secondary N) is 1. The number of guanidine groups is 1. The SMILES string of the molecule is CN(CC(=O)O)C(=N)N.O=C1OC(C(O)CO)C(O)=C1OP(=O)(O)O. The Morgan fingerprint density at radius 3 is 2.36 bits per heavy atom. The number of phosphoric acid groups is 1. The number of nitrogens with zero attached hydrogens (tertiary/aromatic N) is 1. The molecule has 15 heteroatoms. The summed E-state index contributed by atoms with van der Waals surface area (Å²) < 4.78 is 18.7. The number of ether oxygens (including phenoxy) is 1. The van der Waals surface area contributed by atoms with Gasteiger partial charge in [0.2, 0.25) is 0 Å². The number of aliphatic carboxylic acids is 1. The Morgan fingerprint density at radius 1 is 1.52 bits per heavy atom. The number of carboxylic acid groups (broad SMARTS) is 1. The van der Waals surface area contributed by atoms with Crippen LogP contribution in [0.1, 0.15) is 0 Å². The number of nitrogens with two attached hydrogens (primary N) is 1. The molecule has 2 unspecified atom stereocenters. The fourth-order valence-electron chi connectivity index (χ4n) is 1.31. The van der Waals surface area contributed by atoms with Crippen molar-refractivity contribution in [2.24, 2.45) is 5.73 Å². The van der Waals surface area contributed by atoms with Gasteiger partial charge in [-0.3, -0.25) is 20.0 Å². The van der Waals surface area contributed by atoms with Gasteiger partial charge in [-0.1, -0.05) is 0 Å². The number of hydrogen-bond acceptors (Lipinski definition) is 9. The molecule has 2 atom stereocenters. The van der Waals surface area contributed by atoms with Crippen molar-refractivity contribution in [3.05, 3.63) is 11.5 Å². The van der Waals surface area contributed by atoms with Gasteiger partial charge in [0.1, 0.15) is 12.6 Å². The number of aliphatic hydroxyl groups excluding tert-OH is 3. The predicted molar refractivity (Wildman–Crippen MR) is 77.9 cm³/mol. The standard InChI is InChI=1S/C6H9O9P.C4H9N3O2/c7-1-2(8)4-3(9)5(6(10)14-4)15-16(11,12)13;1-7(4(5)6)2-3(8)9/h2,4,7-9H,1H2,(H2,11,12,13);2H2,1H3,(H3,5,6)(H,8,9). The monoisotopic (exact) mass is 387 g/mol. The smallest absolute Gasteiger partial charge is 0.505 e. The molecule has 0 fully saturated rings. The maximum absolute atomic E-state index is 11.0. The topological polar surface area (TPSA) is 244 Å². The van der Waals surface area contributed by atoms with Crippen molar-refractivity contribution < 1.29 is 53.6 Å². The van der Waals surface area contributed by atoms with Crippen LogP contribution in [0.2, 0.25) is 0 Å². The number of esters is 1. The summed E-state index contributed by atoms with van der Waals surface area (Å²) in [6.07, 6.45) is -3.21. The average molecular weight is 387 g/mol. The molecule has 0 aromatic heterocycles. The second-order valence-corrected chi connectivity index (χ2v) is 5.67. The molecule has 0 bridgehead atoms. The number of rotatable bonds is 6. The van der Waals surface area contributed by atoms with Crippen LogP contribution in [-0.4, -0.2) is 85.4 Å². The fraction of sp³-hybridized carbons (Fsp3) is 0.500. The number of cyclic esters (lactones) is 1. The molecule has 0 spiro atoms. The van der Waals surface area contributed by atoms with Crippen molar-refractivity contribution >= 4 is 25.7 Å². The highest BCUT2D eigenvalue weighted by atomic mass is 31.2. The van der Waals surface area contributed by atoms with E-state index in [0.29, 0.717) is 0 Å². The highest BCUT2D eigenvalue weighted by molar-refractivity contribution is 7.46. The molecule has 25 heavy (non-hydrogen) atoms. The Labute approximate surface area is 140 Å². The van der Waals surface area contributed by atoms with Gasteiger partial charge in [-0.05, 0) is 0 Å². The van der Waals surface area contributed by atoms with Gasteiger partial charge in [0, 0.05) is 7.05 Å². The van der Waals surface area contributed by atoms with Crippen LogP contribution in [-0.2, 0) is 23.4 Å². The third-order valence-corrected chi connectivity index (χ3v) is 2.87. The Kier molecular flexibility index (Phi) is 8.32. The molecule has 0 saturated carbocycles. The number of likely N-dealkylation sites (N-methyl/N-ethyl adjacent to an activating group) is 1. The highest BCUT2D eigenvalue weighted by Gasteiger charge is 2.42. The van der Waals surface area contributed by atoms with E-state index in [1.54, 1.807) is 0 Å². The molecule has 0 radical (unpaired) electrons. The molecule has 1 rings (SSSR count). The van der Waals surface area contributed by atoms with Crippen LogP contribution in [0.25, 0.3) is 0 Å². The van der Waals surface area contributed by atoms with E-state index in [1.165, 1.54) is 7.05 Å². The molecular formula is C10H18N3O11P. The summed E-state index contributed by atoms with van der Waals surface area (Å²) in [7, 11) is -3.58. The van der Waals surface area contributed by atoms with E-state index in [9.17, 15) is 19.3 Å². The molecule has 9 N–H and O–H groups in total. The number of carbonyl (C=O) groups excluding carboxylic acids is 1. The molecule has 144 valence electrons. The lowest BCUT2D eigenvalue weighted by molar-refractivity contribution is -0.147. The zero-order valence-electron chi connectivity index (χ0n) is 12.8. The Morgan fingerprint density at radius 2 is 2.04 bits per heavy atom. The minimum Gasteiger partial charge on any atom is -0.505 e. The number of phosphoric ester groups is 1. The largest absolute Gasteiger partial charge is 0.525 e. The van der Waals surface area contributed by atoms with Gasteiger partial charge in [-0.15, -0.1) is 0 Å². The first-order chi connectivity index (χ1) is 11.3. The van der Waals surface area contributed by atoms with Gasteiger partial charge in [0.15, 0.2) is 17.8 Å². The molecule has 1 heterocycles. The Balaban J connectivity index is 0.000000547. The van der Waals surface area contributed by atoms with Gasteiger partial charge in [0.05, 0.1) is 6.61 Å². The molecule has 14 nitrogen and oxygen atoms in total. The molecule has 0 aliphatic carbocycles. The molecule has 0 aromatic rings. The van der Waals surface area contributed by atoms with Gasteiger partial charge in [-0.2, -0.15) is 0 Å². The molecule has 0 amide bonds. The third-order valence-electron chi connectivity index (χ3n) is 2.45. The minimum atomic E-state index is -5.02. The predicted octanol–water partition coefficient (Wildman–Crippen LogP) is -2.96. The lowest BCUT2D eigenvalue weighted by Crippen LogP contribution is -2.36. The Bertz CT molecular complexity index is 601. The van der Waals surface area contributed by atoms with E-state index in [0.717, 1.165) is 4.90 Å². The summed E-state index contributed by atoms with van der Waals surface area (Å²) in [6, 6.07) is 0. The van der Waals surface area contributed by atoms with Crippen molar-refractivity contribution in [1.29, 1.82) is 5.41 Å². The second kappa shape index (κ2) is 9.19. The van der Waals surface area contributed by atoms with Crippen LogP contribution < -0.4 is 5.73 Å². The molecule has 0 saturated heterocycles. The summed E-state index contributed by atoms with van der Waals surface area (Å²) >= 11 is 0. The number of aliphatic hydroxyl groups is 3. The molecule has 1 aliphatic rings. The van der Waals surface area contributed by atoms with Crippen LogP contribution in [0.4, 0.5) is 0 Å². The summed E-state index contributed by atoms with van der Waals surface area (Å²) in [4.78, 5) is 38.9. The van der Waals surface area contributed by atoms with Gasteiger partial charge >= 0.3 is 19.8 Å². The average Bonchev–Trinajstić information content (AvgIpc) is 2.73. The van der Waals surface area contributed by atoms with Crippen molar-refractivity contribution in [2.75, 3.05) is 20.2 Å². The summed E-state index contributed by atoms with van der Waals surface area (Å²) in [6.45, 7) is -1.04. The van der Waals surface area contributed by atoms with Crippen molar-refractivity contribution in [1.82, 2.24) is 4.90 Å². The first kappa shape index (κ1) is 22.6. The fourth-order valence-corrected chi connectivity index (χ4v) is 1.71. The van der Waals surface area contributed by atoms with Crippen LogP contribution in [0, 0.1) is 5.41 Å². The minimum absolute atomic E-state index is 0.227. The van der Waals surface area contributed by atoms with E-state index in [-0.39, 0.29) is 12.5 Å². The van der Waals surface area contributed by atoms with Crippen molar-refractivity contribution in [3.63, 3.8) is 0 Å². The van der Waals surface area contributed by atoms with E-state index in [2.05, 4.69) is 9.26 Å². The van der Waals surface area contributed by atoms with Crippen LogP contribution in [0.15, 0.2) is 11.5 Å². The van der Waals surface area contributed by atoms with Crippen LogP contribution >= 0.6 is 7.82 Å². The van der Waals surface area contributed by atoms with Crippen LogP contribution in [0.5, 0.6) is 0 Å². The second-order valence-electron chi connectivity index (χ2n) is 4.51. The van der Waals surface area contributed by atoms with Gasteiger partial charge < -0.3 is 40.3 Å². The molecule has 1 aliphatic heterocycles. The first-order valence-corrected chi connectivity index (χ1v) is 7.78. The van der Waals surface area contributed by atoms with E-state index in [4.69, 9.17) is 36.2 Å². The highest BCUT2D eigenvalue weighted by Crippen LogP contribution is 2.42. The van der Waals surface area contributed by atoms with E-state index < -0.39 is 50.1 Å². The maximum atomic E-state index is 11.0. The number of carboxylic acids is 1. The number of hydrogen-bond donors (Lipinski definition) is 8. The van der Waals surface area contributed by atoms with Gasteiger partial charge in [-0.25, -0.2) is 9.36 Å². The first-order valence-electron chi connectivity index (χ1n) is 6.25. The zero-order valence-corrected chi connectivity index (χ0v) is 13.7. The normalized spacial score (nSPS) is 18.0. The summed E-state index contributed by atoms with van der Waals surface area (Å²) in [5.41, 5.74) is 4.93. The van der Waals surface area contributed by atoms with Crippen molar-refractivity contribution in [3.8, 4) is 0 Å². The quantitative estimate of drug-likeness (QED) is 0.0983. The van der Waals surface area contributed by atoms with Gasteiger partial charge in [0.25, 0.3) is 5.76 Å². The third kappa shape index (κ3) is 7.82. The number of carbonyl (C=O) groups is 2.